The van der Waals surface area contributed by atoms with Crippen LogP contribution in [0.3, 0.4) is 0 Å². The fourth-order valence-corrected chi connectivity index (χ4v) is 3.08. The predicted molar refractivity (Wildman–Crippen MR) is 96.1 cm³/mol. The lowest BCUT2D eigenvalue weighted by atomic mass is 9.99. The topological polar surface area (TPSA) is 85.8 Å². The molecule has 8 heteroatoms. The van der Waals surface area contributed by atoms with Crippen LogP contribution in [-0.4, -0.2) is 48.5 Å². The van der Waals surface area contributed by atoms with Gasteiger partial charge in [0.05, 0.1) is 6.54 Å². The van der Waals surface area contributed by atoms with Gasteiger partial charge in [-0.2, -0.15) is 0 Å². The van der Waals surface area contributed by atoms with Gasteiger partial charge in [0.1, 0.15) is 5.54 Å². The van der Waals surface area contributed by atoms with E-state index in [0.29, 0.717) is 31.9 Å². The molecule has 1 aromatic heterocycles. The third kappa shape index (κ3) is 4.25. The molecule has 3 N–H and O–H groups in total. The van der Waals surface area contributed by atoms with Crippen molar-refractivity contribution in [1.29, 1.82) is 0 Å². The van der Waals surface area contributed by atoms with Gasteiger partial charge in [0.15, 0.2) is 5.96 Å². The lowest BCUT2D eigenvalue weighted by Gasteiger charge is -2.19. The Kier molecular flexibility index (Phi) is 6.19. The number of amides is 3. The molecule has 0 saturated carbocycles. The van der Waals surface area contributed by atoms with Gasteiger partial charge in [-0.1, -0.05) is 13.0 Å². The second kappa shape index (κ2) is 8.14. The molecule has 2 rings (SSSR count). The molecular weight excluding hydrogens is 326 g/mol. The molecule has 0 spiro atoms. The minimum atomic E-state index is -0.761. The number of guanidine groups is 1. The van der Waals surface area contributed by atoms with Gasteiger partial charge in [-0.3, -0.25) is 14.7 Å². The summed E-state index contributed by atoms with van der Waals surface area (Å²) in [5.74, 6) is 0.564. The number of carbonyl (C=O) groups excluding carboxylic acids is 2. The van der Waals surface area contributed by atoms with E-state index in [-0.39, 0.29) is 11.9 Å². The standard InChI is InChI=1S/C16H25N5O2S/c1-4-16(2)13(22)21(15(23)20-16)9-6-8-18-14(17-3)19-11-12-7-5-10-24-12/h5,7,10H,4,6,8-9,11H2,1-3H3,(H,20,23)(H2,17,18,19). The Morgan fingerprint density at radius 3 is 2.79 bits per heavy atom. The molecule has 7 nitrogen and oxygen atoms in total. The van der Waals surface area contributed by atoms with Crippen LogP contribution in [-0.2, 0) is 11.3 Å². The first-order valence-corrected chi connectivity index (χ1v) is 8.99. The summed E-state index contributed by atoms with van der Waals surface area (Å²) in [6.07, 6.45) is 1.25. The van der Waals surface area contributed by atoms with Crippen molar-refractivity contribution in [2.24, 2.45) is 4.99 Å². The van der Waals surface area contributed by atoms with Crippen molar-refractivity contribution in [2.75, 3.05) is 20.1 Å². The van der Waals surface area contributed by atoms with E-state index in [9.17, 15) is 9.59 Å². The van der Waals surface area contributed by atoms with Gasteiger partial charge in [-0.15, -0.1) is 11.3 Å². The van der Waals surface area contributed by atoms with Crippen molar-refractivity contribution in [1.82, 2.24) is 20.9 Å². The molecule has 2 heterocycles. The number of aliphatic imine (C=N–C) groups is 1. The average molecular weight is 351 g/mol. The Hall–Kier alpha value is -2.09. The lowest BCUT2D eigenvalue weighted by Crippen LogP contribution is -2.43. The van der Waals surface area contributed by atoms with Crippen molar-refractivity contribution < 1.29 is 9.59 Å². The van der Waals surface area contributed by atoms with Crippen LogP contribution >= 0.6 is 11.3 Å². The Balaban J connectivity index is 1.72. The van der Waals surface area contributed by atoms with Crippen LogP contribution in [0.2, 0.25) is 0 Å². The van der Waals surface area contributed by atoms with Gasteiger partial charge >= 0.3 is 6.03 Å². The maximum absolute atomic E-state index is 12.3. The number of rotatable bonds is 7. The number of hydrogen-bond acceptors (Lipinski definition) is 4. The summed E-state index contributed by atoms with van der Waals surface area (Å²) in [4.78, 5) is 30.9. The maximum Gasteiger partial charge on any atom is 0.325 e. The Bertz CT molecular complexity index is 602. The summed E-state index contributed by atoms with van der Waals surface area (Å²) in [5.41, 5.74) is -0.761. The number of carbonyl (C=O) groups is 2. The van der Waals surface area contributed by atoms with Crippen molar-refractivity contribution in [3.8, 4) is 0 Å². The molecule has 0 radical (unpaired) electrons. The number of thiophene rings is 1. The summed E-state index contributed by atoms with van der Waals surface area (Å²) in [5, 5.41) is 11.2. The van der Waals surface area contributed by atoms with Crippen molar-refractivity contribution >= 4 is 29.2 Å². The van der Waals surface area contributed by atoms with Gasteiger partial charge in [0.25, 0.3) is 5.91 Å². The molecule has 1 aliphatic heterocycles. The Morgan fingerprint density at radius 1 is 1.42 bits per heavy atom. The van der Waals surface area contributed by atoms with E-state index in [4.69, 9.17) is 0 Å². The van der Waals surface area contributed by atoms with Crippen LogP contribution in [0.4, 0.5) is 4.79 Å². The highest BCUT2D eigenvalue weighted by Gasteiger charge is 2.45. The van der Waals surface area contributed by atoms with E-state index in [1.54, 1.807) is 25.3 Å². The Labute approximate surface area is 146 Å². The molecule has 0 aromatic carbocycles. The molecule has 1 aromatic rings. The van der Waals surface area contributed by atoms with Crippen LogP contribution in [0.1, 0.15) is 31.6 Å². The summed E-state index contributed by atoms with van der Waals surface area (Å²) in [7, 11) is 1.72. The van der Waals surface area contributed by atoms with E-state index < -0.39 is 5.54 Å². The molecule has 1 aliphatic rings. The minimum absolute atomic E-state index is 0.143. The highest BCUT2D eigenvalue weighted by Crippen LogP contribution is 2.20. The zero-order valence-corrected chi connectivity index (χ0v) is 15.2. The highest BCUT2D eigenvalue weighted by atomic mass is 32.1. The molecule has 24 heavy (non-hydrogen) atoms. The molecule has 3 amide bonds. The highest BCUT2D eigenvalue weighted by molar-refractivity contribution is 7.09. The van der Waals surface area contributed by atoms with E-state index >= 15 is 0 Å². The SMILES string of the molecule is CCC1(C)NC(=O)N(CCCNC(=NC)NCc2cccs2)C1=O. The summed E-state index contributed by atoms with van der Waals surface area (Å²) in [6.45, 7) is 5.41. The van der Waals surface area contributed by atoms with E-state index in [0.717, 1.165) is 6.54 Å². The molecule has 1 saturated heterocycles. The molecule has 0 bridgehead atoms. The van der Waals surface area contributed by atoms with Crippen molar-refractivity contribution in [2.45, 2.75) is 38.8 Å². The molecule has 0 aliphatic carbocycles. The molecule has 1 unspecified atom stereocenters. The van der Waals surface area contributed by atoms with Crippen LogP contribution in [0, 0.1) is 0 Å². The van der Waals surface area contributed by atoms with E-state index in [1.165, 1.54) is 9.78 Å². The number of nitrogens with one attached hydrogen (secondary N) is 3. The van der Waals surface area contributed by atoms with Crippen LogP contribution in [0.25, 0.3) is 0 Å². The van der Waals surface area contributed by atoms with Gasteiger partial charge in [0, 0.05) is 25.0 Å². The average Bonchev–Trinajstić information content (AvgIpc) is 3.16. The van der Waals surface area contributed by atoms with Crippen LogP contribution < -0.4 is 16.0 Å². The number of nitrogens with zero attached hydrogens (tertiary/aromatic N) is 2. The summed E-state index contributed by atoms with van der Waals surface area (Å²) in [6, 6.07) is 3.78. The summed E-state index contributed by atoms with van der Waals surface area (Å²) < 4.78 is 0. The maximum atomic E-state index is 12.3. The van der Waals surface area contributed by atoms with Crippen molar-refractivity contribution in [3.63, 3.8) is 0 Å². The zero-order valence-electron chi connectivity index (χ0n) is 14.4. The molecule has 132 valence electrons. The number of imide groups is 1. The molecule has 1 atom stereocenters. The zero-order chi connectivity index (χ0) is 17.6. The predicted octanol–water partition coefficient (Wildman–Crippen LogP) is 1.52. The monoisotopic (exact) mass is 351 g/mol. The smallest absolute Gasteiger partial charge is 0.325 e. The second-order valence-corrected chi connectivity index (χ2v) is 6.89. The summed E-state index contributed by atoms with van der Waals surface area (Å²) >= 11 is 1.69. The molecule has 1 fully saturated rings. The minimum Gasteiger partial charge on any atom is -0.356 e. The van der Waals surface area contributed by atoms with Gasteiger partial charge in [-0.05, 0) is 31.2 Å². The van der Waals surface area contributed by atoms with E-state index in [2.05, 4.69) is 27.0 Å². The number of hydrogen-bond donors (Lipinski definition) is 3. The van der Waals surface area contributed by atoms with Gasteiger partial charge in [0.2, 0.25) is 0 Å². The van der Waals surface area contributed by atoms with Crippen LogP contribution in [0.5, 0.6) is 0 Å². The van der Waals surface area contributed by atoms with Crippen LogP contribution in [0.15, 0.2) is 22.5 Å². The first-order valence-electron chi connectivity index (χ1n) is 8.11. The number of urea groups is 1. The van der Waals surface area contributed by atoms with E-state index in [1.807, 2.05) is 18.4 Å². The first kappa shape index (κ1) is 18.3. The lowest BCUT2D eigenvalue weighted by molar-refractivity contribution is -0.130. The Morgan fingerprint density at radius 2 is 2.21 bits per heavy atom. The largest absolute Gasteiger partial charge is 0.356 e. The van der Waals surface area contributed by atoms with Crippen molar-refractivity contribution in [3.05, 3.63) is 22.4 Å². The van der Waals surface area contributed by atoms with Gasteiger partial charge in [-0.25, -0.2) is 4.79 Å². The normalized spacial score (nSPS) is 21.1. The second-order valence-electron chi connectivity index (χ2n) is 5.86. The van der Waals surface area contributed by atoms with Gasteiger partial charge < -0.3 is 16.0 Å². The quantitative estimate of drug-likeness (QED) is 0.301. The third-order valence-corrected chi connectivity index (χ3v) is 5.01. The molecular formula is C16H25N5O2S. The first-order chi connectivity index (χ1) is 11.5. The fourth-order valence-electron chi connectivity index (χ4n) is 2.44. The fraction of sp³-hybridized carbons (Fsp3) is 0.562. The third-order valence-electron chi connectivity index (χ3n) is 4.14.